The van der Waals surface area contributed by atoms with Crippen molar-refractivity contribution < 1.29 is 32.3 Å². The van der Waals surface area contributed by atoms with Gasteiger partial charge in [0.05, 0.1) is 12.1 Å². The molecule has 9 heteroatoms. The zero-order chi connectivity index (χ0) is 21.9. The minimum absolute atomic E-state index is 0.126. The second kappa shape index (κ2) is 12.4. The standard InChI is InChI=1S/C13H13F4NO3.C7H15N/c14-9-3-1-8(2-4-12(20)21)7-10(9)18-11(19)5-6-13(15,16)17;1-2-7-3-5-8-6-4-7/h1,3,7H,2,4-6H2,(H,18,19)(H,20,21);7-8H,2-6H2,1H3. The van der Waals surface area contributed by atoms with Gasteiger partial charge in [-0.2, -0.15) is 13.2 Å². The number of amides is 1. The van der Waals surface area contributed by atoms with Gasteiger partial charge in [-0.1, -0.05) is 19.4 Å². The summed E-state index contributed by atoms with van der Waals surface area (Å²) in [5.74, 6) is -1.76. The van der Waals surface area contributed by atoms with Crippen molar-refractivity contribution in [3.05, 3.63) is 29.6 Å². The number of halogens is 4. The monoisotopic (exact) mass is 420 g/mol. The van der Waals surface area contributed by atoms with Crippen LogP contribution in [0.2, 0.25) is 0 Å². The van der Waals surface area contributed by atoms with Crippen LogP contribution in [0.15, 0.2) is 18.2 Å². The van der Waals surface area contributed by atoms with Crippen LogP contribution in [0.3, 0.4) is 0 Å². The van der Waals surface area contributed by atoms with Crippen molar-refractivity contribution in [2.24, 2.45) is 5.92 Å². The molecule has 0 saturated carbocycles. The summed E-state index contributed by atoms with van der Waals surface area (Å²) < 4.78 is 49.3. The van der Waals surface area contributed by atoms with E-state index in [4.69, 9.17) is 5.11 Å². The van der Waals surface area contributed by atoms with E-state index >= 15 is 0 Å². The first-order valence-electron chi connectivity index (χ1n) is 9.68. The summed E-state index contributed by atoms with van der Waals surface area (Å²) in [6.07, 6.45) is -2.43. The fraction of sp³-hybridized carbons (Fsp3) is 0.600. The first kappa shape index (κ1) is 24.9. The van der Waals surface area contributed by atoms with Gasteiger partial charge in [0.1, 0.15) is 5.82 Å². The molecule has 0 atom stereocenters. The number of rotatable bonds is 7. The Kier molecular flexibility index (Phi) is 10.6. The smallest absolute Gasteiger partial charge is 0.389 e. The van der Waals surface area contributed by atoms with Crippen LogP contribution in [0, 0.1) is 11.7 Å². The van der Waals surface area contributed by atoms with Gasteiger partial charge < -0.3 is 15.7 Å². The highest BCUT2D eigenvalue weighted by Gasteiger charge is 2.28. The zero-order valence-corrected chi connectivity index (χ0v) is 16.4. The van der Waals surface area contributed by atoms with E-state index < -0.39 is 36.7 Å². The van der Waals surface area contributed by atoms with E-state index in [1.165, 1.54) is 44.5 Å². The summed E-state index contributed by atoms with van der Waals surface area (Å²) in [5, 5.41) is 13.9. The molecule has 1 aromatic rings. The molecule has 1 saturated heterocycles. The third kappa shape index (κ3) is 11.4. The van der Waals surface area contributed by atoms with Crippen LogP contribution >= 0.6 is 0 Å². The predicted octanol–water partition coefficient (Wildman–Crippen LogP) is 4.52. The number of hydrogen-bond acceptors (Lipinski definition) is 3. The summed E-state index contributed by atoms with van der Waals surface area (Å²) in [4.78, 5) is 21.7. The average Bonchev–Trinajstić information content (AvgIpc) is 2.67. The number of hydrogen-bond donors (Lipinski definition) is 3. The minimum Gasteiger partial charge on any atom is -0.481 e. The van der Waals surface area contributed by atoms with E-state index in [-0.39, 0.29) is 18.5 Å². The molecule has 3 N–H and O–H groups in total. The van der Waals surface area contributed by atoms with E-state index in [9.17, 15) is 27.2 Å². The molecule has 2 rings (SSSR count). The largest absolute Gasteiger partial charge is 0.481 e. The van der Waals surface area contributed by atoms with Crippen LogP contribution in [0.5, 0.6) is 0 Å². The van der Waals surface area contributed by atoms with Gasteiger partial charge in [0.2, 0.25) is 5.91 Å². The van der Waals surface area contributed by atoms with Gasteiger partial charge in [0, 0.05) is 12.8 Å². The number of carboxylic acids is 1. The molecule has 1 aromatic carbocycles. The number of benzene rings is 1. The summed E-state index contributed by atoms with van der Waals surface area (Å²) in [5.41, 5.74) is 0.204. The fourth-order valence-electron chi connectivity index (χ4n) is 2.83. The van der Waals surface area contributed by atoms with Crippen molar-refractivity contribution in [1.29, 1.82) is 0 Å². The normalized spacial score (nSPS) is 14.7. The van der Waals surface area contributed by atoms with E-state index in [1.54, 1.807) is 0 Å². The Morgan fingerprint density at radius 2 is 1.86 bits per heavy atom. The van der Waals surface area contributed by atoms with E-state index in [2.05, 4.69) is 12.2 Å². The van der Waals surface area contributed by atoms with Crippen LogP contribution in [-0.2, 0) is 16.0 Å². The third-order valence-electron chi connectivity index (χ3n) is 4.60. The maximum atomic E-state index is 13.4. The number of alkyl halides is 3. The van der Waals surface area contributed by atoms with Gasteiger partial charge in [-0.05, 0) is 56.0 Å². The molecule has 0 aliphatic carbocycles. The highest BCUT2D eigenvalue weighted by atomic mass is 19.4. The number of nitrogens with one attached hydrogen (secondary N) is 2. The number of carbonyl (C=O) groups is 2. The predicted molar refractivity (Wildman–Crippen MR) is 102 cm³/mol. The lowest BCUT2D eigenvalue weighted by atomic mass is 9.96. The van der Waals surface area contributed by atoms with Crippen LogP contribution in [0.25, 0.3) is 0 Å². The zero-order valence-electron chi connectivity index (χ0n) is 16.4. The molecule has 1 aliphatic rings. The molecular formula is C20H28F4N2O3. The van der Waals surface area contributed by atoms with Gasteiger partial charge in [0.15, 0.2) is 0 Å². The minimum atomic E-state index is -4.46. The van der Waals surface area contributed by atoms with Crippen LogP contribution in [0.4, 0.5) is 23.2 Å². The Bertz CT molecular complexity index is 660. The Morgan fingerprint density at radius 3 is 2.38 bits per heavy atom. The van der Waals surface area contributed by atoms with Gasteiger partial charge >= 0.3 is 12.1 Å². The quantitative estimate of drug-likeness (QED) is 0.567. The fourth-order valence-corrected chi connectivity index (χ4v) is 2.83. The molecule has 0 spiro atoms. The van der Waals surface area contributed by atoms with Gasteiger partial charge in [-0.15, -0.1) is 0 Å². The molecule has 5 nitrogen and oxygen atoms in total. The van der Waals surface area contributed by atoms with E-state index in [0.717, 1.165) is 12.0 Å². The second-order valence-corrected chi connectivity index (χ2v) is 6.97. The number of carboxylic acid groups (broad SMARTS) is 1. The second-order valence-electron chi connectivity index (χ2n) is 6.97. The lowest BCUT2D eigenvalue weighted by Crippen LogP contribution is -2.27. The summed E-state index contributed by atoms with van der Waals surface area (Å²) in [6, 6.07) is 3.59. The molecular weight excluding hydrogens is 392 g/mol. The highest BCUT2D eigenvalue weighted by Crippen LogP contribution is 2.22. The van der Waals surface area contributed by atoms with Crippen LogP contribution < -0.4 is 10.6 Å². The maximum Gasteiger partial charge on any atom is 0.389 e. The van der Waals surface area contributed by atoms with Crippen molar-refractivity contribution >= 4 is 17.6 Å². The average molecular weight is 420 g/mol. The molecule has 0 radical (unpaired) electrons. The molecule has 1 aliphatic heterocycles. The van der Waals surface area contributed by atoms with Crippen molar-refractivity contribution in [2.45, 2.75) is 58.0 Å². The molecule has 1 heterocycles. The molecule has 0 bridgehead atoms. The SMILES string of the molecule is CCC1CCNCC1.O=C(O)CCc1ccc(F)c(NC(=O)CCC(F)(F)F)c1. The Labute approximate surface area is 167 Å². The van der Waals surface area contributed by atoms with E-state index in [0.29, 0.717) is 5.56 Å². The van der Waals surface area contributed by atoms with Gasteiger partial charge in [0.25, 0.3) is 0 Å². The molecule has 164 valence electrons. The molecule has 1 fully saturated rings. The van der Waals surface area contributed by atoms with Crippen molar-refractivity contribution in [3.8, 4) is 0 Å². The Hall–Kier alpha value is -2.16. The lowest BCUT2D eigenvalue weighted by molar-refractivity contribution is -0.142. The lowest BCUT2D eigenvalue weighted by Gasteiger charge is -2.20. The van der Waals surface area contributed by atoms with Crippen LogP contribution in [-0.4, -0.2) is 36.2 Å². The summed E-state index contributed by atoms with van der Waals surface area (Å²) >= 11 is 0. The number of piperidine rings is 1. The summed E-state index contributed by atoms with van der Waals surface area (Å²) in [6.45, 7) is 4.78. The first-order chi connectivity index (χ1) is 13.6. The first-order valence-corrected chi connectivity index (χ1v) is 9.68. The number of carbonyl (C=O) groups excluding carboxylic acids is 1. The van der Waals surface area contributed by atoms with Crippen LogP contribution in [0.1, 0.15) is 51.0 Å². The Morgan fingerprint density at radius 1 is 1.21 bits per heavy atom. The maximum absolute atomic E-state index is 13.4. The molecule has 0 aromatic heterocycles. The summed E-state index contributed by atoms with van der Waals surface area (Å²) in [7, 11) is 0. The van der Waals surface area contributed by atoms with E-state index in [1.807, 2.05) is 5.32 Å². The van der Waals surface area contributed by atoms with Gasteiger partial charge in [-0.3, -0.25) is 9.59 Å². The van der Waals surface area contributed by atoms with Crippen molar-refractivity contribution in [1.82, 2.24) is 5.32 Å². The third-order valence-corrected chi connectivity index (χ3v) is 4.60. The van der Waals surface area contributed by atoms with Crippen molar-refractivity contribution in [3.63, 3.8) is 0 Å². The topological polar surface area (TPSA) is 78.4 Å². The van der Waals surface area contributed by atoms with Crippen molar-refractivity contribution in [2.75, 3.05) is 18.4 Å². The Balaban J connectivity index is 0.000000436. The molecule has 0 unspecified atom stereocenters. The number of aliphatic carboxylic acids is 1. The number of aryl methyl sites for hydroxylation is 1. The molecule has 1 amide bonds. The molecule has 29 heavy (non-hydrogen) atoms. The number of anilines is 1. The van der Waals surface area contributed by atoms with Gasteiger partial charge in [-0.25, -0.2) is 4.39 Å². The highest BCUT2D eigenvalue weighted by molar-refractivity contribution is 5.90.